The Morgan fingerprint density at radius 2 is 1.62 bits per heavy atom. The Morgan fingerprint density at radius 1 is 0.925 bits per heavy atom. The lowest BCUT2D eigenvalue weighted by Crippen LogP contribution is -2.44. The van der Waals surface area contributed by atoms with Crippen LogP contribution in [-0.4, -0.2) is 50.6 Å². The lowest BCUT2D eigenvalue weighted by Gasteiger charge is -2.34. The van der Waals surface area contributed by atoms with Crippen LogP contribution in [0, 0.1) is 5.41 Å². The highest BCUT2D eigenvalue weighted by Gasteiger charge is 2.44. The first-order valence-electron chi connectivity index (χ1n) is 14.3. The third kappa shape index (κ3) is 6.06. The monoisotopic (exact) mass is 539 g/mol. The summed E-state index contributed by atoms with van der Waals surface area (Å²) in [5, 5.41) is 16.4. The standard InChI is InChI=1S/C32H37N5O3/c1-3-5-8-29(38)37(22-32(17-6-7-18-32)31(39)40-4-2)21-23-9-10-28-20-27(16-15-26(28)19-23)24-11-13-25(14-12-24)30-33-35-36-34-30/h9-16,19-20H,3-8,17-18,21-22H2,1-2H3,(H,33,34,35,36). The van der Waals surface area contributed by atoms with Crippen molar-refractivity contribution in [3.63, 3.8) is 0 Å². The van der Waals surface area contributed by atoms with Crippen LogP contribution in [0.15, 0.2) is 60.7 Å². The third-order valence-corrected chi connectivity index (χ3v) is 7.96. The smallest absolute Gasteiger partial charge is 0.313 e. The molecule has 8 nitrogen and oxygen atoms in total. The number of rotatable bonds is 11. The molecule has 1 saturated carbocycles. The number of aromatic nitrogens is 4. The molecule has 1 amide bonds. The molecule has 208 valence electrons. The van der Waals surface area contributed by atoms with Gasteiger partial charge >= 0.3 is 5.97 Å². The molecule has 0 spiro atoms. The van der Waals surface area contributed by atoms with E-state index in [4.69, 9.17) is 4.74 Å². The summed E-state index contributed by atoms with van der Waals surface area (Å²) in [5.41, 5.74) is 3.60. The number of esters is 1. The molecule has 0 unspecified atom stereocenters. The number of benzene rings is 3. The van der Waals surface area contributed by atoms with Gasteiger partial charge in [-0.2, -0.15) is 5.21 Å². The maximum atomic E-state index is 13.3. The van der Waals surface area contributed by atoms with Crippen LogP contribution >= 0.6 is 0 Å². The van der Waals surface area contributed by atoms with E-state index in [0.29, 0.717) is 31.9 Å². The molecule has 0 bridgehead atoms. The number of amides is 1. The van der Waals surface area contributed by atoms with Gasteiger partial charge in [0.25, 0.3) is 0 Å². The van der Waals surface area contributed by atoms with Gasteiger partial charge < -0.3 is 9.64 Å². The third-order valence-electron chi connectivity index (χ3n) is 7.96. The number of ether oxygens (including phenoxy) is 1. The molecule has 1 aliphatic rings. The summed E-state index contributed by atoms with van der Waals surface area (Å²) in [6.45, 7) is 5.20. The van der Waals surface area contributed by atoms with Crippen molar-refractivity contribution < 1.29 is 14.3 Å². The van der Waals surface area contributed by atoms with Crippen LogP contribution in [0.2, 0.25) is 0 Å². The average Bonchev–Trinajstić information content (AvgIpc) is 3.69. The molecule has 8 heteroatoms. The summed E-state index contributed by atoms with van der Waals surface area (Å²) in [6, 6.07) is 20.9. The van der Waals surface area contributed by atoms with Gasteiger partial charge in [-0.3, -0.25) is 9.59 Å². The summed E-state index contributed by atoms with van der Waals surface area (Å²) in [7, 11) is 0. The number of hydrogen-bond acceptors (Lipinski definition) is 6. The maximum Gasteiger partial charge on any atom is 0.313 e. The van der Waals surface area contributed by atoms with Gasteiger partial charge in [0.15, 0.2) is 0 Å². The fourth-order valence-corrected chi connectivity index (χ4v) is 5.74. The molecule has 0 atom stereocenters. The molecule has 1 fully saturated rings. The van der Waals surface area contributed by atoms with E-state index in [2.05, 4.69) is 76.1 Å². The van der Waals surface area contributed by atoms with Crippen molar-refractivity contribution in [2.24, 2.45) is 5.41 Å². The number of hydrogen-bond donors (Lipinski definition) is 1. The van der Waals surface area contributed by atoms with Gasteiger partial charge in [-0.25, -0.2) is 0 Å². The van der Waals surface area contributed by atoms with Gasteiger partial charge in [-0.05, 0) is 71.0 Å². The second kappa shape index (κ2) is 12.4. The van der Waals surface area contributed by atoms with Crippen LogP contribution in [0.4, 0.5) is 0 Å². The van der Waals surface area contributed by atoms with Gasteiger partial charge in [0.1, 0.15) is 0 Å². The summed E-state index contributed by atoms with van der Waals surface area (Å²) < 4.78 is 5.48. The molecule has 1 N–H and O–H groups in total. The Hall–Kier alpha value is -4.07. The Morgan fingerprint density at radius 3 is 2.33 bits per heavy atom. The van der Waals surface area contributed by atoms with Gasteiger partial charge in [-0.15, -0.1) is 10.2 Å². The van der Waals surface area contributed by atoms with Gasteiger partial charge in [0, 0.05) is 25.1 Å². The number of tetrazole rings is 1. The molecule has 4 aromatic rings. The summed E-state index contributed by atoms with van der Waals surface area (Å²) in [6.07, 6.45) is 5.85. The first-order valence-corrected chi connectivity index (χ1v) is 14.3. The highest BCUT2D eigenvalue weighted by atomic mass is 16.5. The largest absolute Gasteiger partial charge is 0.466 e. The van der Waals surface area contributed by atoms with Crippen LogP contribution in [0.1, 0.15) is 64.4 Å². The molecule has 0 aliphatic heterocycles. The highest BCUT2D eigenvalue weighted by molar-refractivity contribution is 5.88. The number of carbonyl (C=O) groups is 2. The lowest BCUT2D eigenvalue weighted by atomic mass is 9.85. The van der Waals surface area contributed by atoms with E-state index in [0.717, 1.165) is 71.6 Å². The van der Waals surface area contributed by atoms with Crippen molar-refractivity contribution in [1.29, 1.82) is 0 Å². The first-order chi connectivity index (χ1) is 19.5. The van der Waals surface area contributed by atoms with E-state index in [1.807, 2.05) is 24.0 Å². The quantitative estimate of drug-likeness (QED) is 0.224. The molecular formula is C32H37N5O3. The van der Waals surface area contributed by atoms with Crippen molar-refractivity contribution >= 4 is 22.6 Å². The van der Waals surface area contributed by atoms with E-state index >= 15 is 0 Å². The molecule has 1 aliphatic carbocycles. The fraction of sp³-hybridized carbons (Fsp3) is 0.406. The second-order valence-electron chi connectivity index (χ2n) is 10.8. The lowest BCUT2D eigenvalue weighted by molar-refractivity contribution is -0.157. The van der Waals surface area contributed by atoms with E-state index in [9.17, 15) is 9.59 Å². The van der Waals surface area contributed by atoms with Gasteiger partial charge in [0.05, 0.1) is 12.0 Å². The zero-order chi connectivity index (χ0) is 28.0. The zero-order valence-corrected chi connectivity index (χ0v) is 23.4. The highest BCUT2D eigenvalue weighted by Crippen LogP contribution is 2.40. The summed E-state index contributed by atoms with van der Waals surface area (Å²) in [5.74, 6) is 0.523. The minimum atomic E-state index is -0.594. The molecule has 3 aromatic carbocycles. The zero-order valence-electron chi connectivity index (χ0n) is 23.4. The van der Waals surface area contributed by atoms with Crippen LogP contribution < -0.4 is 0 Å². The van der Waals surface area contributed by atoms with E-state index in [1.54, 1.807) is 0 Å². The average molecular weight is 540 g/mol. The van der Waals surface area contributed by atoms with E-state index in [-0.39, 0.29) is 11.9 Å². The molecule has 5 rings (SSSR count). The predicted molar refractivity (Wildman–Crippen MR) is 155 cm³/mol. The second-order valence-corrected chi connectivity index (χ2v) is 10.8. The maximum absolute atomic E-state index is 13.3. The summed E-state index contributed by atoms with van der Waals surface area (Å²) >= 11 is 0. The topological polar surface area (TPSA) is 101 Å². The molecule has 1 heterocycles. The number of nitrogens with zero attached hydrogens (tertiary/aromatic N) is 4. The molecule has 40 heavy (non-hydrogen) atoms. The van der Waals surface area contributed by atoms with Crippen molar-refractivity contribution in [2.45, 2.75) is 65.3 Å². The van der Waals surface area contributed by atoms with Crippen LogP contribution in [0.3, 0.4) is 0 Å². The minimum absolute atomic E-state index is 0.108. The van der Waals surface area contributed by atoms with Crippen molar-refractivity contribution in [1.82, 2.24) is 25.5 Å². The predicted octanol–water partition coefficient (Wildman–Crippen LogP) is 6.33. The molecule has 1 aromatic heterocycles. The number of nitrogens with one attached hydrogen (secondary N) is 1. The number of aromatic amines is 1. The summed E-state index contributed by atoms with van der Waals surface area (Å²) in [4.78, 5) is 28.3. The first kappa shape index (κ1) is 27.5. The molecule has 0 saturated heterocycles. The fourth-order valence-electron chi connectivity index (χ4n) is 5.74. The van der Waals surface area contributed by atoms with Crippen molar-refractivity contribution in [3.8, 4) is 22.5 Å². The van der Waals surface area contributed by atoms with E-state index < -0.39 is 5.41 Å². The minimum Gasteiger partial charge on any atom is -0.466 e. The Labute approximate surface area is 235 Å². The van der Waals surface area contributed by atoms with Crippen LogP contribution in [-0.2, 0) is 20.9 Å². The number of carbonyl (C=O) groups excluding carboxylic acids is 2. The van der Waals surface area contributed by atoms with Crippen LogP contribution in [0.5, 0.6) is 0 Å². The Kier molecular flexibility index (Phi) is 8.53. The Balaban J connectivity index is 1.36. The van der Waals surface area contributed by atoms with Gasteiger partial charge in [0.2, 0.25) is 11.7 Å². The van der Waals surface area contributed by atoms with Crippen molar-refractivity contribution in [3.05, 3.63) is 66.2 Å². The van der Waals surface area contributed by atoms with Gasteiger partial charge in [-0.1, -0.05) is 74.7 Å². The van der Waals surface area contributed by atoms with E-state index in [1.165, 1.54) is 0 Å². The number of fused-ring (bicyclic) bond motifs is 1. The SMILES string of the molecule is CCCCC(=O)N(Cc1ccc2cc(-c3ccc(-c4nn[nH]n4)cc3)ccc2c1)CC1(C(=O)OCC)CCCC1. The number of H-pyrrole nitrogens is 1. The molecular weight excluding hydrogens is 502 g/mol. The Bertz CT molecular complexity index is 1440. The van der Waals surface area contributed by atoms with Crippen LogP contribution in [0.25, 0.3) is 33.3 Å². The number of unbranched alkanes of at least 4 members (excludes halogenated alkanes) is 1. The normalized spacial score (nSPS) is 14.3. The van der Waals surface area contributed by atoms with Crippen molar-refractivity contribution in [2.75, 3.05) is 13.2 Å². The molecule has 0 radical (unpaired) electrons.